The third-order valence-corrected chi connectivity index (χ3v) is 6.42. The molecule has 25 heavy (non-hydrogen) atoms. The normalized spacial score (nSPS) is 32.6. The molecule has 3 atom stereocenters. The van der Waals surface area contributed by atoms with Crippen LogP contribution in [0.4, 0.5) is 4.79 Å². The monoisotopic (exact) mass is 344 g/mol. The smallest absolute Gasteiger partial charge is 0.407 e. The Balaban J connectivity index is 0.00000196. The van der Waals surface area contributed by atoms with Gasteiger partial charge in [0.2, 0.25) is 5.91 Å². The van der Waals surface area contributed by atoms with Gasteiger partial charge in [-0.2, -0.15) is 0 Å². The number of nitrogens with zero attached hydrogens (tertiary/aromatic N) is 1. The number of methoxy groups -OCH3 is 1. The van der Waals surface area contributed by atoms with E-state index in [0.29, 0.717) is 17.8 Å². The lowest BCUT2D eigenvalue weighted by molar-refractivity contribution is -0.138. The third-order valence-electron chi connectivity index (χ3n) is 6.42. The number of hydrogen-bond donors (Lipinski definition) is 1. The van der Waals surface area contributed by atoms with Crippen molar-refractivity contribution < 1.29 is 15.8 Å². The average molecular weight is 344 g/mol. The van der Waals surface area contributed by atoms with Crippen molar-refractivity contribution in [2.24, 2.45) is 17.8 Å². The molecule has 136 valence electrons. The Morgan fingerprint density at radius 2 is 1.84 bits per heavy atom. The fourth-order valence-electron chi connectivity index (χ4n) is 4.59. The molecule has 1 heterocycles. The van der Waals surface area contributed by atoms with Crippen molar-refractivity contribution in [2.75, 3.05) is 20.2 Å². The van der Waals surface area contributed by atoms with Crippen LogP contribution in [0.2, 0.25) is 0 Å². The Morgan fingerprint density at radius 1 is 1.16 bits per heavy atom. The van der Waals surface area contributed by atoms with E-state index in [9.17, 15) is 9.59 Å². The second-order valence-electron chi connectivity index (χ2n) is 7.94. The van der Waals surface area contributed by atoms with Crippen LogP contribution < -0.4 is 5.32 Å². The fraction of sp³-hybridized carbons (Fsp3) is 0.600. The van der Waals surface area contributed by atoms with E-state index in [1.165, 1.54) is 23.8 Å². The van der Waals surface area contributed by atoms with E-state index < -0.39 is 6.09 Å². The van der Waals surface area contributed by atoms with Crippen LogP contribution in [0.5, 0.6) is 0 Å². The van der Waals surface area contributed by atoms with Crippen LogP contribution in [0.15, 0.2) is 18.2 Å². The number of rotatable bonds is 3. The van der Waals surface area contributed by atoms with E-state index in [1.54, 1.807) is 0 Å². The Labute approximate surface area is 150 Å². The summed E-state index contributed by atoms with van der Waals surface area (Å²) in [5.41, 5.74) is 4.14. The van der Waals surface area contributed by atoms with Gasteiger partial charge in [-0.25, -0.2) is 4.79 Å². The first kappa shape index (κ1) is 16.4. The zero-order valence-corrected chi connectivity index (χ0v) is 15.1. The van der Waals surface area contributed by atoms with Crippen molar-refractivity contribution in [3.05, 3.63) is 34.9 Å². The van der Waals surface area contributed by atoms with Gasteiger partial charge in [0.15, 0.2) is 0 Å². The van der Waals surface area contributed by atoms with Gasteiger partial charge >= 0.3 is 6.09 Å². The number of carbonyl (C=O) groups is 2. The van der Waals surface area contributed by atoms with Gasteiger partial charge < -0.3 is 15.0 Å². The molecule has 3 fully saturated rings. The van der Waals surface area contributed by atoms with Gasteiger partial charge in [-0.1, -0.05) is 18.2 Å². The maximum atomic E-state index is 12.6. The topological polar surface area (TPSA) is 58.6 Å². The van der Waals surface area contributed by atoms with Gasteiger partial charge in [0.25, 0.3) is 0 Å². The highest BCUT2D eigenvalue weighted by atomic mass is 16.5. The summed E-state index contributed by atoms with van der Waals surface area (Å²) >= 11 is 0. The molecule has 1 N–H and O–H groups in total. The van der Waals surface area contributed by atoms with Crippen LogP contribution in [0.25, 0.3) is 0 Å². The lowest BCUT2D eigenvalue weighted by Crippen LogP contribution is -2.50. The Bertz CT molecular complexity index is 705. The first-order valence-corrected chi connectivity index (χ1v) is 9.18. The quantitative estimate of drug-likeness (QED) is 0.917. The van der Waals surface area contributed by atoms with E-state index in [-0.39, 0.29) is 19.3 Å². The molecule has 4 rings (SSSR count). The minimum Gasteiger partial charge on any atom is -0.453 e. The van der Waals surface area contributed by atoms with Crippen molar-refractivity contribution in [2.45, 2.75) is 38.6 Å². The second kappa shape index (κ2) is 6.04. The van der Waals surface area contributed by atoms with Gasteiger partial charge in [-0.05, 0) is 61.1 Å². The SMILES string of the molecule is COC(=O)NC1CC(C(=O)N2C[C@@H]3C(c4ccc(C)c(C)c4)[C@@H]3C2)C1.[HH]. The summed E-state index contributed by atoms with van der Waals surface area (Å²) in [6, 6.07) is 6.87. The number of amides is 2. The van der Waals surface area contributed by atoms with Gasteiger partial charge in [-0.3, -0.25) is 4.79 Å². The highest BCUT2D eigenvalue weighted by Crippen LogP contribution is 2.58. The minimum absolute atomic E-state index is 0. The molecule has 1 unspecified atom stereocenters. The summed E-state index contributed by atoms with van der Waals surface area (Å²) in [7, 11) is 1.36. The number of benzene rings is 1. The molecule has 5 nitrogen and oxygen atoms in total. The standard InChI is InChI=1S/C20H26N2O3.H2/c1-11-4-5-13(6-12(11)2)18-16-9-22(10-17(16)18)19(23)14-7-15(8-14)21-20(24)25-3;/h4-6,14-18H,7-10H2,1-3H3,(H,21,24);1H/t14?,15?,16-,17+,18?;. The van der Waals surface area contributed by atoms with Crippen molar-refractivity contribution in [3.63, 3.8) is 0 Å². The number of piperidine rings is 1. The number of ether oxygens (including phenoxy) is 1. The summed E-state index contributed by atoms with van der Waals surface area (Å²) in [4.78, 5) is 25.8. The average Bonchev–Trinajstić information content (AvgIpc) is 3.05. The number of aryl methyl sites for hydroxylation is 2. The third kappa shape index (κ3) is 2.90. The lowest BCUT2D eigenvalue weighted by atomic mass is 9.79. The first-order chi connectivity index (χ1) is 12.0. The van der Waals surface area contributed by atoms with Crippen molar-refractivity contribution in [1.82, 2.24) is 10.2 Å². The number of fused-ring (bicyclic) bond motifs is 1. The summed E-state index contributed by atoms with van der Waals surface area (Å²) in [6.45, 7) is 6.11. The van der Waals surface area contributed by atoms with Crippen LogP contribution in [0, 0.1) is 31.6 Å². The summed E-state index contributed by atoms with van der Waals surface area (Å²) < 4.78 is 4.60. The second-order valence-corrected chi connectivity index (χ2v) is 7.94. The van der Waals surface area contributed by atoms with E-state index in [2.05, 4.69) is 42.1 Å². The number of carbonyl (C=O) groups excluding carboxylic acids is 2. The largest absolute Gasteiger partial charge is 0.453 e. The molecule has 1 aromatic carbocycles. The molecule has 1 aromatic rings. The minimum atomic E-state index is -0.408. The molecule has 2 saturated carbocycles. The van der Waals surface area contributed by atoms with Crippen LogP contribution in [-0.4, -0.2) is 43.1 Å². The predicted octanol–water partition coefficient (Wildman–Crippen LogP) is 2.86. The fourth-order valence-corrected chi connectivity index (χ4v) is 4.59. The molecule has 2 amide bonds. The Hall–Kier alpha value is -2.04. The van der Waals surface area contributed by atoms with E-state index in [1.807, 2.05) is 4.90 Å². The van der Waals surface area contributed by atoms with Crippen LogP contribution in [-0.2, 0) is 9.53 Å². The molecule has 0 bridgehead atoms. The summed E-state index contributed by atoms with van der Waals surface area (Å²) in [5, 5.41) is 2.77. The summed E-state index contributed by atoms with van der Waals surface area (Å²) in [5.74, 6) is 2.25. The Morgan fingerprint density at radius 3 is 2.44 bits per heavy atom. The lowest BCUT2D eigenvalue weighted by Gasteiger charge is -2.37. The van der Waals surface area contributed by atoms with Crippen LogP contribution >= 0.6 is 0 Å². The number of nitrogens with one attached hydrogen (secondary N) is 1. The number of hydrogen-bond acceptors (Lipinski definition) is 3. The van der Waals surface area contributed by atoms with Crippen molar-refractivity contribution in [3.8, 4) is 0 Å². The molecular weight excluding hydrogens is 316 g/mol. The van der Waals surface area contributed by atoms with Crippen LogP contribution in [0.1, 0.15) is 36.9 Å². The summed E-state index contributed by atoms with van der Waals surface area (Å²) in [6.07, 6.45) is 1.07. The maximum Gasteiger partial charge on any atom is 0.407 e. The van der Waals surface area contributed by atoms with Gasteiger partial charge in [0.1, 0.15) is 0 Å². The Kier molecular flexibility index (Phi) is 3.97. The molecule has 1 aliphatic heterocycles. The predicted molar refractivity (Wildman–Crippen MR) is 96.4 cm³/mol. The van der Waals surface area contributed by atoms with Gasteiger partial charge in [0, 0.05) is 26.5 Å². The first-order valence-electron chi connectivity index (χ1n) is 9.18. The number of alkyl carbamates (subject to hydrolysis) is 1. The van der Waals surface area contributed by atoms with E-state index >= 15 is 0 Å². The zero-order chi connectivity index (χ0) is 17.7. The maximum absolute atomic E-state index is 12.6. The molecule has 0 radical (unpaired) electrons. The molecule has 0 aromatic heterocycles. The molecule has 5 heteroatoms. The molecule has 2 aliphatic carbocycles. The highest BCUT2D eigenvalue weighted by Gasteiger charge is 2.57. The molecule has 0 spiro atoms. The zero-order valence-electron chi connectivity index (χ0n) is 15.1. The molecular formula is C20H28N2O3. The van der Waals surface area contributed by atoms with Crippen LogP contribution in [0.3, 0.4) is 0 Å². The highest BCUT2D eigenvalue weighted by molar-refractivity contribution is 5.81. The molecule has 3 aliphatic rings. The van der Waals surface area contributed by atoms with Crippen molar-refractivity contribution in [1.29, 1.82) is 0 Å². The number of likely N-dealkylation sites (tertiary alicyclic amines) is 1. The van der Waals surface area contributed by atoms with E-state index in [0.717, 1.165) is 25.9 Å². The van der Waals surface area contributed by atoms with Gasteiger partial charge in [0.05, 0.1) is 7.11 Å². The molecule has 1 saturated heterocycles. The van der Waals surface area contributed by atoms with E-state index in [4.69, 9.17) is 0 Å². The van der Waals surface area contributed by atoms with Crippen molar-refractivity contribution >= 4 is 12.0 Å². The van der Waals surface area contributed by atoms with Gasteiger partial charge in [-0.15, -0.1) is 0 Å².